The number of rotatable bonds is 6. The third-order valence-electron chi connectivity index (χ3n) is 4.62. The molecule has 0 unspecified atom stereocenters. The van der Waals surface area contributed by atoms with E-state index in [1.807, 2.05) is 24.3 Å². The minimum Gasteiger partial charge on any atom is -0.439 e. The van der Waals surface area contributed by atoms with Crippen LogP contribution >= 0.6 is 27.3 Å². The number of hydrogen-bond donors (Lipinski definition) is 0. The van der Waals surface area contributed by atoms with Gasteiger partial charge in [0.25, 0.3) is 5.91 Å². The summed E-state index contributed by atoms with van der Waals surface area (Å²) in [5.41, 5.74) is 1.62. The van der Waals surface area contributed by atoms with Gasteiger partial charge in [-0.25, -0.2) is 9.97 Å². The van der Waals surface area contributed by atoms with Crippen molar-refractivity contribution in [2.75, 3.05) is 11.4 Å². The zero-order chi connectivity index (χ0) is 20.2. The molecule has 2 aromatic heterocycles. The van der Waals surface area contributed by atoms with Crippen molar-refractivity contribution in [1.82, 2.24) is 9.97 Å². The van der Waals surface area contributed by atoms with Crippen molar-refractivity contribution in [3.8, 4) is 11.6 Å². The molecule has 0 aliphatic heterocycles. The molecular weight excluding hydrogens is 450 g/mol. The first-order chi connectivity index (χ1) is 14.1. The summed E-state index contributed by atoms with van der Waals surface area (Å²) in [6.07, 6.45) is 7.65. The smallest absolute Gasteiger partial charge is 0.261 e. The van der Waals surface area contributed by atoms with Gasteiger partial charge in [0.05, 0.1) is 11.3 Å². The summed E-state index contributed by atoms with van der Waals surface area (Å²) in [7, 11) is 0. The average Bonchev–Trinajstić information content (AvgIpc) is 3.16. The van der Waals surface area contributed by atoms with E-state index in [0.29, 0.717) is 23.7 Å². The first-order valence-electron chi connectivity index (χ1n) is 9.45. The van der Waals surface area contributed by atoms with E-state index in [0.717, 1.165) is 34.6 Å². The molecule has 0 saturated carbocycles. The Hall–Kier alpha value is -2.51. The number of hydrogen-bond acceptors (Lipinski definition) is 5. The topological polar surface area (TPSA) is 55.3 Å². The Labute approximate surface area is 182 Å². The van der Waals surface area contributed by atoms with Gasteiger partial charge in [-0.15, -0.1) is 17.9 Å². The van der Waals surface area contributed by atoms with Gasteiger partial charge in [0.1, 0.15) is 5.75 Å². The van der Waals surface area contributed by atoms with E-state index in [4.69, 9.17) is 9.72 Å². The molecule has 1 aliphatic rings. The number of halogens is 1. The van der Waals surface area contributed by atoms with Crippen LogP contribution in [-0.4, -0.2) is 22.4 Å². The maximum Gasteiger partial charge on any atom is 0.261 e. The lowest BCUT2D eigenvalue weighted by atomic mass is 10.0. The molecule has 7 heteroatoms. The van der Waals surface area contributed by atoms with Crippen LogP contribution in [0.1, 0.15) is 33.8 Å². The van der Waals surface area contributed by atoms with E-state index in [2.05, 4.69) is 27.5 Å². The number of aryl methyl sites for hydroxylation is 2. The molecule has 0 atom stereocenters. The quantitative estimate of drug-likeness (QED) is 0.427. The number of anilines is 1. The van der Waals surface area contributed by atoms with Crippen LogP contribution in [-0.2, 0) is 12.8 Å². The molecule has 5 nitrogen and oxygen atoms in total. The lowest BCUT2D eigenvalue weighted by molar-refractivity contribution is 0.0989. The van der Waals surface area contributed by atoms with Crippen LogP contribution in [0.25, 0.3) is 0 Å². The molecule has 0 spiro atoms. The van der Waals surface area contributed by atoms with Crippen molar-refractivity contribution in [3.05, 3.63) is 75.9 Å². The fraction of sp³-hybridized carbons (Fsp3) is 0.227. The van der Waals surface area contributed by atoms with E-state index in [1.165, 1.54) is 11.3 Å². The highest BCUT2D eigenvalue weighted by atomic mass is 79.9. The minimum atomic E-state index is -0.141. The fourth-order valence-corrected chi connectivity index (χ4v) is 4.74. The van der Waals surface area contributed by atoms with Crippen molar-refractivity contribution < 1.29 is 9.53 Å². The molecule has 1 aliphatic carbocycles. The van der Waals surface area contributed by atoms with Crippen LogP contribution in [0, 0.1) is 0 Å². The summed E-state index contributed by atoms with van der Waals surface area (Å²) in [5, 5.41) is 0.733. The van der Waals surface area contributed by atoms with Crippen molar-refractivity contribution >= 4 is 38.3 Å². The largest absolute Gasteiger partial charge is 0.439 e. The van der Waals surface area contributed by atoms with Crippen LogP contribution in [0.5, 0.6) is 11.6 Å². The van der Waals surface area contributed by atoms with Crippen molar-refractivity contribution in [3.63, 3.8) is 0 Å². The van der Waals surface area contributed by atoms with E-state index >= 15 is 0 Å². The predicted molar refractivity (Wildman–Crippen MR) is 119 cm³/mol. The van der Waals surface area contributed by atoms with Crippen LogP contribution < -0.4 is 9.64 Å². The Morgan fingerprint density at radius 2 is 2.14 bits per heavy atom. The van der Waals surface area contributed by atoms with Gasteiger partial charge in [-0.3, -0.25) is 9.69 Å². The second kappa shape index (κ2) is 8.88. The van der Waals surface area contributed by atoms with Crippen molar-refractivity contribution in [2.45, 2.75) is 25.7 Å². The van der Waals surface area contributed by atoms with Gasteiger partial charge < -0.3 is 4.74 Å². The van der Waals surface area contributed by atoms with Crippen LogP contribution in [0.4, 0.5) is 5.13 Å². The van der Waals surface area contributed by atoms with Crippen molar-refractivity contribution in [2.24, 2.45) is 0 Å². The number of benzene rings is 1. The Kier molecular flexibility index (Phi) is 6.06. The Morgan fingerprint density at radius 3 is 2.86 bits per heavy atom. The van der Waals surface area contributed by atoms with E-state index in [-0.39, 0.29) is 5.91 Å². The number of aromatic nitrogens is 2. The highest BCUT2D eigenvalue weighted by molar-refractivity contribution is 9.10. The third kappa shape index (κ3) is 4.57. The molecule has 148 valence electrons. The number of carbonyl (C=O) groups is 1. The van der Waals surface area contributed by atoms with Gasteiger partial charge in [-0.2, -0.15) is 0 Å². The molecule has 0 bridgehead atoms. The van der Waals surface area contributed by atoms with Gasteiger partial charge >= 0.3 is 0 Å². The molecule has 0 radical (unpaired) electrons. The lowest BCUT2D eigenvalue weighted by Crippen LogP contribution is -2.31. The predicted octanol–water partition coefficient (Wildman–Crippen LogP) is 5.80. The number of fused-ring (bicyclic) bond motifs is 1. The van der Waals surface area contributed by atoms with Crippen LogP contribution in [0.15, 0.2) is 59.7 Å². The number of nitrogens with zero attached hydrogens (tertiary/aromatic N) is 3. The van der Waals surface area contributed by atoms with Gasteiger partial charge in [0.15, 0.2) is 5.13 Å². The summed E-state index contributed by atoms with van der Waals surface area (Å²) in [5.74, 6) is 0.963. The first-order valence-corrected chi connectivity index (χ1v) is 11.1. The number of carbonyl (C=O) groups excluding carboxylic acids is 1. The summed E-state index contributed by atoms with van der Waals surface area (Å²) in [6.45, 7) is 4.20. The maximum atomic E-state index is 13.1. The van der Waals surface area contributed by atoms with Crippen LogP contribution in [0.3, 0.4) is 0 Å². The molecular formula is C22H20BrN3O2S. The van der Waals surface area contributed by atoms with Crippen LogP contribution in [0.2, 0.25) is 0 Å². The molecule has 1 aromatic carbocycles. The normalized spacial score (nSPS) is 12.9. The first kappa shape index (κ1) is 19.8. The molecule has 0 saturated heterocycles. The number of pyridine rings is 1. The number of amides is 1. The SMILES string of the molecule is C=CCN(C(=O)c1ccc(Oc2cccc(Br)c2)nc1)c1nc2c(s1)CCCC2. The van der Waals surface area contributed by atoms with Gasteiger partial charge in [0.2, 0.25) is 5.88 Å². The van der Waals surface area contributed by atoms with E-state index in [1.54, 1.807) is 40.6 Å². The monoisotopic (exact) mass is 469 g/mol. The molecule has 4 rings (SSSR count). The zero-order valence-electron chi connectivity index (χ0n) is 15.8. The Balaban J connectivity index is 1.53. The second-order valence-corrected chi connectivity index (χ2v) is 8.70. The summed E-state index contributed by atoms with van der Waals surface area (Å²) in [6, 6.07) is 10.9. The molecule has 0 fully saturated rings. The van der Waals surface area contributed by atoms with E-state index in [9.17, 15) is 4.79 Å². The zero-order valence-corrected chi connectivity index (χ0v) is 18.2. The maximum absolute atomic E-state index is 13.1. The highest BCUT2D eigenvalue weighted by Gasteiger charge is 2.23. The molecule has 29 heavy (non-hydrogen) atoms. The lowest BCUT2D eigenvalue weighted by Gasteiger charge is -2.18. The second-order valence-electron chi connectivity index (χ2n) is 6.72. The summed E-state index contributed by atoms with van der Waals surface area (Å²) >= 11 is 5.03. The van der Waals surface area contributed by atoms with Crippen molar-refractivity contribution in [1.29, 1.82) is 0 Å². The molecule has 3 aromatic rings. The number of ether oxygens (including phenoxy) is 1. The summed E-state index contributed by atoms with van der Waals surface area (Å²) in [4.78, 5) is 25.1. The fourth-order valence-electron chi connectivity index (χ4n) is 3.21. The average molecular weight is 470 g/mol. The molecule has 2 heterocycles. The Morgan fingerprint density at radius 1 is 1.28 bits per heavy atom. The minimum absolute atomic E-state index is 0.141. The number of thiazole rings is 1. The van der Waals surface area contributed by atoms with Gasteiger partial charge in [0, 0.05) is 28.2 Å². The standard InChI is InChI=1S/C22H20BrN3O2S/c1-2-12-26(22-25-18-8-3-4-9-19(18)29-22)21(27)15-10-11-20(24-14-15)28-17-7-5-6-16(23)13-17/h2,5-7,10-11,13-14H,1,3-4,8-9,12H2. The Bertz CT molecular complexity index is 1010. The molecule has 1 amide bonds. The summed E-state index contributed by atoms with van der Waals surface area (Å²) < 4.78 is 6.67. The van der Waals surface area contributed by atoms with Gasteiger partial charge in [-0.05, 0) is 49.9 Å². The van der Waals surface area contributed by atoms with E-state index < -0.39 is 0 Å². The third-order valence-corrected chi connectivity index (χ3v) is 6.30. The highest BCUT2D eigenvalue weighted by Crippen LogP contribution is 2.32. The molecule has 0 N–H and O–H groups in total. The van der Waals surface area contributed by atoms with Gasteiger partial charge in [-0.1, -0.05) is 28.1 Å².